The van der Waals surface area contributed by atoms with Crippen molar-refractivity contribution in [3.8, 4) is 0 Å². The maximum Gasteiger partial charge on any atom is 0.0707 e. The molecule has 2 N–H and O–H groups in total. The number of hydrogen-bond acceptors (Lipinski definition) is 3. The van der Waals surface area contributed by atoms with Gasteiger partial charge in [-0.05, 0) is 28.1 Å². The van der Waals surface area contributed by atoms with Crippen LogP contribution in [0, 0.1) is 0 Å². The van der Waals surface area contributed by atoms with Gasteiger partial charge in [0, 0.05) is 17.8 Å². The lowest BCUT2D eigenvalue weighted by Crippen LogP contribution is -2.17. The van der Waals surface area contributed by atoms with Gasteiger partial charge in [0.25, 0.3) is 0 Å². The standard InChI is InChI=1S/C8H11BrN2O/c1-12-5-7(10)8-3-2-6(9)4-11-8/h2-4,7H,5,10H2,1H3/t7-/m1/s1. The molecule has 0 fully saturated rings. The second kappa shape index (κ2) is 4.54. The molecule has 0 saturated carbocycles. The van der Waals surface area contributed by atoms with Crippen molar-refractivity contribution in [1.82, 2.24) is 4.98 Å². The van der Waals surface area contributed by atoms with Gasteiger partial charge in [-0.3, -0.25) is 4.98 Å². The smallest absolute Gasteiger partial charge is 0.0707 e. The Kier molecular flexibility index (Phi) is 3.65. The van der Waals surface area contributed by atoms with E-state index < -0.39 is 0 Å². The van der Waals surface area contributed by atoms with Crippen LogP contribution in [0.2, 0.25) is 0 Å². The van der Waals surface area contributed by atoms with Gasteiger partial charge < -0.3 is 10.5 Å². The number of hydrogen-bond donors (Lipinski definition) is 1. The lowest BCUT2D eigenvalue weighted by atomic mass is 10.2. The lowest BCUT2D eigenvalue weighted by Gasteiger charge is -2.08. The predicted octanol–water partition coefficient (Wildman–Crippen LogP) is 1.49. The Morgan fingerprint density at radius 3 is 2.92 bits per heavy atom. The zero-order chi connectivity index (χ0) is 8.97. The molecule has 12 heavy (non-hydrogen) atoms. The highest BCUT2D eigenvalue weighted by Gasteiger charge is 2.05. The van der Waals surface area contributed by atoms with E-state index in [-0.39, 0.29) is 6.04 Å². The van der Waals surface area contributed by atoms with Crippen LogP contribution >= 0.6 is 15.9 Å². The number of nitrogens with zero attached hydrogens (tertiary/aromatic N) is 1. The molecule has 0 bridgehead atoms. The molecule has 0 aliphatic heterocycles. The molecule has 66 valence electrons. The molecule has 1 rings (SSSR count). The van der Waals surface area contributed by atoms with Crippen molar-refractivity contribution in [3.63, 3.8) is 0 Å². The highest BCUT2D eigenvalue weighted by Crippen LogP contribution is 2.11. The van der Waals surface area contributed by atoms with Crippen molar-refractivity contribution in [2.45, 2.75) is 6.04 Å². The zero-order valence-corrected chi connectivity index (χ0v) is 8.41. The highest BCUT2D eigenvalue weighted by molar-refractivity contribution is 9.10. The van der Waals surface area contributed by atoms with Crippen molar-refractivity contribution in [3.05, 3.63) is 28.5 Å². The number of halogens is 1. The molecule has 1 atom stereocenters. The Bertz CT molecular complexity index is 237. The van der Waals surface area contributed by atoms with Crippen molar-refractivity contribution < 1.29 is 4.74 Å². The summed E-state index contributed by atoms with van der Waals surface area (Å²) < 4.78 is 5.87. The molecule has 1 heterocycles. The van der Waals surface area contributed by atoms with Gasteiger partial charge in [-0.1, -0.05) is 0 Å². The molecule has 0 aliphatic carbocycles. The molecular weight excluding hydrogens is 220 g/mol. The average Bonchev–Trinajstić information content (AvgIpc) is 2.06. The molecule has 0 aliphatic rings. The minimum absolute atomic E-state index is 0.136. The fraction of sp³-hybridized carbons (Fsp3) is 0.375. The molecule has 3 nitrogen and oxygen atoms in total. The molecule has 0 saturated heterocycles. The summed E-state index contributed by atoms with van der Waals surface area (Å²) >= 11 is 3.30. The van der Waals surface area contributed by atoms with E-state index in [0.717, 1.165) is 10.2 Å². The highest BCUT2D eigenvalue weighted by atomic mass is 79.9. The maximum atomic E-state index is 5.75. The number of nitrogens with two attached hydrogens (primary N) is 1. The minimum Gasteiger partial charge on any atom is -0.383 e. The molecule has 0 unspecified atom stereocenters. The van der Waals surface area contributed by atoms with Gasteiger partial charge in [0.15, 0.2) is 0 Å². The van der Waals surface area contributed by atoms with E-state index in [1.807, 2.05) is 12.1 Å². The average molecular weight is 231 g/mol. The van der Waals surface area contributed by atoms with Gasteiger partial charge in [-0.2, -0.15) is 0 Å². The van der Waals surface area contributed by atoms with Crippen molar-refractivity contribution >= 4 is 15.9 Å². The molecule has 0 aromatic carbocycles. The van der Waals surface area contributed by atoms with E-state index in [1.54, 1.807) is 13.3 Å². The van der Waals surface area contributed by atoms with E-state index in [4.69, 9.17) is 10.5 Å². The summed E-state index contributed by atoms with van der Waals surface area (Å²) in [5, 5.41) is 0. The van der Waals surface area contributed by atoms with Crippen LogP contribution < -0.4 is 5.73 Å². The number of pyridine rings is 1. The van der Waals surface area contributed by atoms with Crippen LogP contribution in [0.4, 0.5) is 0 Å². The summed E-state index contributed by atoms with van der Waals surface area (Å²) in [5.74, 6) is 0. The first kappa shape index (κ1) is 9.64. The van der Waals surface area contributed by atoms with E-state index in [1.165, 1.54) is 0 Å². The number of methoxy groups -OCH3 is 1. The molecule has 1 aromatic rings. The lowest BCUT2D eigenvalue weighted by molar-refractivity contribution is 0.179. The molecule has 0 amide bonds. The molecular formula is C8H11BrN2O. The first-order chi connectivity index (χ1) is 5.74. The Morgan fingerprint density at radius 1 is 1.67 bits per heavy atom. The van der Waals surface area contributed by atoms with Crippen LogP contribution in [0.1, 0.15) is 11.7 Å². The van der Waals surface area contributed by atoms with Crippen molar-refractivity contribution in [1.29, 1.82) is 0 Å². The van der Waals surface area contributed by atoms with Gasteiger partial charge in [0.1, 0.15) is 0 Å². The number of rotatable bonds is 3. The van der Waals surface area contributed by atoms with Crippen molar-refractivity contribution in [2.24, 2.45) is 5.73 Å². The topological polar surface area (TPSA) is 48.1 Å². The first-order valence-corrected chi connectivity index (χ1v) is 4.39. The van der Waals surface area contributed by atoms with E-state index in [0.29, 0.717) is 6.61 Å². The Hall–Kier alpha value is -0.450. The summed E-state index contributed by atoms with van der Waals surface area (Å²) in [6.07, 6.45) is 1.73. The second-order valence-electron chi connectivity index (χ2n) is 2.46. The van der Waals surface area contributed by atoms with Crippen molar-refractivity contribution in [2.75, 3.05) is 13.7 Å². The Morgan fingerprint density at radius 2 is 2.42 bits per heavy atom. The monoisotopic (exact) mass is 230 g/mol. The van der Waals surface area contributed by atoms with E-state index >= 15 is 0 Å². The fourth-order valence-electron chi connectivity index (χ4n) is 0.872. The van der Waals surface area contributed by atoms with Crippen LogP contribution in [0.5, 0.6) is 0 Å². The summed E-state index contributed by atoms with van der Waals surface area (Å²) in [6.45, 7) is 0.495. The molecule has 1 aromatic heterocycles. The third-order valence-corrected chi connectivity index (χ3v) is 1.95. The van der Waals surface area contributed by atoms with Gasteiger partial charge in [-0.25, -0.2) is 0 Å². The van der Waals surface area contributed by atoms with Crippen LogP contribution in [0.3, 0.4) is 0 Å². The summed E-state index contributed by atoms with van der Waals surface area (Å²) in [7, 11) is 1.62. The second-order valence-corrected chi connectivity index (χ2v) is 3.38. The summed E-state index contributed by atoms with van der Waals surface area (Å²) in [5.41, 5.74) is 6.60. The van der Waals surface area contributed by atoms with E-state index in [9.17, 15) is 0 Å². The van der Waals surface area contributed by atoms with Gasteiger partial charge in [-0.15, -0.1) is 0 Å². The summed E-state index contributed by atoms with van der Waals surface area (Å²) in [4.78, 5) is 4.14. The number of aromatic nitrogens is 1. The Balaban J connectivity index is 2.68. The molecule has 4 heteroatoms. The Labute approximate surface area is 80.1 Å². The minimum atomic E-state index is -0.136. The molecule has 0 spiro atoms. The van der Waals surface area contributed by atoms with E-state index in [2.05, 4.69) is 20.9 Å². The van der Waals surface area contributed by atoms with Gasteiger partial charge in [0.05, 0.1) is 18.3 Å². The van der Waals surface area contributed by atoms with Gasteiger partial charge >= 0.3 is 0 Å². The quantitative estimate of drug-likeness (QED) is 0.857. The van der Waals surface area contributed by atoms with Crippen LogP contribution in [0.15, 0.2) is 22.8 Å². The molecule has 0 radical (unpaired) electrons. The van der Waals surface area contributed by atoms with Crippen LogP contribution in [0.25, 0.3) is 0 Å². The summed E-state index contributed by atoms with van der Waals surface area (Å²) in [6, 6.07) is 3.66. The first-order valence-electron chi connectivity index (χ1n) is 3.60. The fourth-order valence-corrected chi connectivity index (χ4v) is 1.11. The third-order valence-electron chi connectivity index (χ3n) is 1.48. The third kappa shape index (κ3) is 2.55. The van der Waals surface area contributed by atoms with Gasteiger partial charge in [0.2, 0.25) is 0 Å². The van der Waals surface area contributed by atoms with Crippen LogP contribution in [-0.4, -0.2) is 18.7 Å². The normalized spacial score (nSPS) is 12.9. The SMILES string of the molecule is COC[C@@H](N)c1ccc(Br)cn1. The largest absolute Gasteiger partial charge is 0.383 e. The van der Waals surface area contributed by atoms with Crippen LogP contribution in [-0.2, 0) is 4.74 Å². The zero-order valence-electron chi connectivity index (χ0n) is 6.83. The number of ether oxygens (including phenoxy) is 1. The predicted molar refractivity (Wildman–Crippen MR) is 50.7 cm³/mol. The maximum absolute atomic E-state index is 5.75.